The Bertz CT molecular complexity index is 1130. The van der Waals surface area contributed by atoms with Crippen LogP contribution in [0.5, 0.6) is 5.75 Å². The molecule has 0 unspecified atom stereocenters. The number of amides is 3. The van der Waals surface area contributed by atoms with Gasteiger partial charge in [-0.3, -0.25) is 19.4 Å². The van der Waals surface area contributed by atoms with E-state index in [1.54, 1.807) is 12.1 Å². The minimum absolute atomic E-state index is 0.129. The molecule has 2 aliphatic heterocycles. The summed E-state index contributed by atoms with van der Waals surface area (Å²) in [5, 5.41) is 11.5. The van der Waals surface area contributed by atoms with Gasteiger partial charge in [0.1, 0.15) is 12.3 Å². The lowest BCUT2D eigenvalue weighted by molar-refractivity contribution is -0.123. The number of fused-ring (bicyclic) bond motifs is 1. The molecule has 0 bridgehead atoms. The molecule has 0 aliphatic carbocycles. The van der Waals surface area contributed by atoms with Crippen LogP contribution in [-0.2, 0) is 14.4 Å². The molecular weight excluding hydrogens is 436 g/mol. The van der Waals surface area contributed by atoms with Crippen molar-refractivity contribution in [3.8, 4) is 5.75 Å². The molecular formula is C19H14ClF2N5O4. The quantitative estimate of drug-likeness (QED) is 0.706. The van der Waals surface area contributed by atoms with E-state index in [0.29, 0.717) is 21.4 Å². The Morgan fingerprint density at radius 3 is 2.61 bits per heavy atom. The first kappa shape index (κ1) is 20.7. The van der Waals surface area contributed by atoms with Crippen LogP contribution in [-0.4, -0.2) is 48.5 Å². The van der Waals surface area contributed by atoms with Crippen molar-refractivity contribution in [2.75, 3.05) is 23.9 Å². The van der Waals surface area contributed by atoms with E-state index in [1.807, 2.05) is 0 Å². The lowest BCUT2D eigenvalue weighted by atomic mass is 10.1. The van der Waals surface area contributed by atoms with Crippen molar-refractivity contribution in [3.63, 3.8) is 0 Å². The molecule has 2 atom stereocenters. The zero-order valence-corrected chi connectivity index (χ0v) is 16.6. The van der Waals surface area contributed by atoms with Gasteiger partial charge < -0.3 is 10.1 Å². The second kappa shape index (κ2) is 7.91. The third-order valence-electron chi connectivity index (χ3n) is 4.76. The number of hydrogen-bond donors (Lipinski definition) is 1. The van der Waals surface area contributed by atoms with Crippen molar-refractivity contribution in [2.45, 2.75) is 12.1 Å². The summed E-state index contributed by atoms with van der Waals surface area (Å²) in [6.07, 6.45) is 0. The molecule has 4 rings (SSSR count). The number of hydrogen-bond acceptors (Lipinski definition) is 7. The maximum atomic E-state index is 13.6. The summed E-state index contributed by atoms with van der Waals surface area (Å²) < 4.78 is 31.8. The Morgan fingerprint density at radius 2 is 1.94 bits per heavy atom. The van der Waals surface area contributed by atoms with Crippen molar-refractivity contribution in [1.82, 2.24) is 5.01 Å². The normalized spacial score (nSPS) is 19.7. The molecule has 2 aromatic carbocycles. The highest BCUT2D eigenvalue weighted by molar-refractivity contribution is 6.32. The van der Waals surface area contributed by atoms with E-state index < -0.39 is 41.4 Å². The zero-order chi connectivity index (χ0) is 22.3. The number of methoxy groups -OCH3 is 1. The third-order valence-corrected chi connectivity index (χ3v) is 5.06. The van der Waals surface area contributed by atoms with Gasteiger partial charge in [0, 0.05) is 11.8 Å². The molecule has 9 nitrogen and oxygen atoms in total. The van der Waals surface area contributed by atoms with E-state index in [1.165, 1.54) is 13.2 Å². The van der Waals surface area contributed by atoms with Gasteiger partial charge in [0.2, 0.25) is 5.91 Å². The molecule has 12 heteroatoms. The van der Waals surface area contributed by atoms with Crippen LogP contribution in [0.25, 0.3) is 0 Å². The molecule has 0 saturated carbocycles. The topological polar surface area (TPSA) is 104 Å². The Morgan fingerprint density at radius 1 is 1.16 bits per heavy atom. The van der Waals surface area contributed by atoms with Crippen molar-refractivity contribution >= 4 is 40.7 Å². The maximum Gasteiger partial charge on any atom is 0.263 e. The first-order chi connectivity index (χ1) is 14.8. The van der Waals surface area contributed by atoms with Crippen molar-refractivity contribution in [2.24, 2.45) is 10.3 Å². The third kappa shape index (κ3) is 3.67. The summed E-state index contributed by atoms with van der Waals surface area (Å²) in [4.78, 5) is 38.5. The van der Waals surface area contributed by atoms with Gasteiger partial charge in [0.15, 0.2) is 23.7 Å². The van der Waals surface area contributed by atoms with Crippen LogP contribution in [0.1, 0.15) is 0 Å². The smallest absolute Gasteiger partial charge is 0.263 e. The summed E-state index contributed by atoms with van der Waals surface area (Å²) >= 11 is 6.03. The molecule has 31 heavy (non-hydrogen) atoms. The fourth-order valence-corrected chi connectivity index (χ4v) is 3.58. The van der Waals surface area contributed by atoms with Crippen LogP contribution < -0.4 is 15.0 Å². The number of imide groups is 1. The second-order valence-electron chi connectivity index (χ2n) is 6.70. The minimum atomic E-state index is -1.20. The van der Waals surface area contributed by atoms with Crippen LogP contribution in [0.4, 0.5) is 20.2 Å². The van der Waals surface area contributed by atoms with E-state index in [2.05, 4.69) is 15.7 Å². The number of anilines is 2. The number of rotatable bonds is 5. The molecule has 2 aliphatic rings. The molecule has 2 heterocycles. The Hall–Kier alpha value is -3.60. The van der Waals surface area contributed by atoms with E-state index in [-0.39, 0.29) is 12.2 Å². The van der Waals surface area contributed by atoms with Crippen LogP contribution in [0.3, 0.4) is 0 Å². The fourth-order valence-electron chi connectivity index (χ4n) is 3.32. The summed E-state index contributed by atoms with van der Waals surface area (Å²) in [5.74, 6) is -3.90. The van der Waals surface area contributed by atoms with Crippen molar-refractivity contribution < 1.29 is 27.9 Å². The first-order valence-corrected chi connectivity index (χ1v) is 9.31. The summed E-state index contributed by atoms with van der Waals surface area (Å²) in [5.41, 5.74) is 0.261. The predicted molar refractivity (Wildman–Crippen MR) is 105 cm³/mol. The number of nitrogens with zero attached hydrogens (tertiary/aromatic N) is 4. The minimum Gasteiger partial charge on any atom is -0.495 e. The summed E-state index contributed by atoms with van der Waals surface area (Å²) in [6, 6.07) is 4.96. The SMILES string of the molecule is COc1ccc(NC(=O)CN2N=N[C@@H]3C(=O)N(c4ccc(F)c(F)c4)C(=O)[C@H]32)cc1Cl. The molecule has 160 valence electrons. The van der Waals surface area contributed by atoms with Crippen molar-refractivity contribution in [3.05, 3.63) is 53.1 Å². The number of benzene rings is 2. The molecule has 1 saturated heterocycles. The van der Waals surface area contributed by atoms with Crippen LogP contribution in [0.15, 0.2) is 46.7 Å². The van der Waals surface area contributed by atoms with Gasteiger partial charge in [-0.1, -0.05) is 16.8 Å². The number of nitrogens with one attached hydrogen (secondary N) is 1. The largest absolute Gasteiger partial charge is 0.495 e. The van der Waals surface area contributed by atoms with Crippen LogP contribution in [0.2, 0.25) is 5.02 Å². The molecule has 0 aromatic heterocycles. The van der Waals surface area contributed by atoms with Gasteiger partial charge in [0.05, 0.1) is 17.8 Å². The molecule has 3 amide bonds. The zero-order valence-electron chi connectivity index (χ0n) is 15.9. The number of carbonyl (C=O) groups is 3. The van der Waals surface area contributed by atoms with E-state index in [0.717, 1.165) is 23.2 Å². The summed E-state index contributed by atoms with van der Waals surface area (Å²) in [7, 11) is 1.46. The second-order valence-corrected chi connectivity index (χ2v) is 7.11. The standard InChI is InChI=1S/C19H14ClF2N5O4/c1-31-14-5-2-9(6-11(14)20)23-15(28)8-26-17-16(24-25-26)18(29)27(19(17)30)10-3-4-12(21)13(22)7-10/h2-7,16-17H,8H2,1H3,(H,23,28)/t16-,17-/m0/s1. The van der Waals surface area contributed by atoms with E-state index in [9.17, 15) is 23.2 Å². The fraction of sp³-hybridized carbons (Fsp3) is 0.211. The lowest BCUT2D eigenvalue weighted by Crippen LogP contribution is -2.43. The monoisotopic (exact) mass is 449 g/mol. The average Bonchev–Trinajstić information content (AvgIpc) is 3.24. The first-order valence-electron chi connectivity index (χ1n) is 8.94. The van der Waals surface area contributed by atoms with Gasteiger partial charge in [0.25, 0.3) is 11.8 Å². The summed E-state index contributed by atoms with van der Waals surface area (Å²) in [6.45, 7) is -0.376. The highest BCUT2D eigenvalue weighted by Gasteiger charge is 2.55. The molecule has 2 aromatic rings. The predicted octanol–water partition coefficient (Wildman–Crippen LogP) is 2.56. The Kier molecular flexibility index (Phi) is 5.27. The Balaban J connectivity index is 1.48. The average molecular weight is 450 g/mol. The van der Waals surface area contributed by atoms with Gasteiger partial charge in [-0.05, 0) is 30.3 Å². The van der Waals surface area contributed by atoms with Gasteiger partial charge in [-0.2, -0.15) is 5.11 Å². The van der Waals surface area contributed by atoms with Crippen molar-refractivity contribution in [1.29, 1.82) is 0 Å². The highest BCUT2D eigenvalue weighted by atomic mass is 35.5. The van der Waals surface area contributed by atoms with E-state index in [4.69, 9.17) is 16.3 Å². The molecule has 0 spiro atoms. The number of halogens is 3. The number of ether oxygens (including phenoxy) is 1. The molecule has 1 N–H and O–H groups in total. The number of carbonyl (C=O) groups excluding carboxylic acids is 3. The van der Waals surface area contributed by atoms with Gasteiger partial charge >= 0.3 is 0 Å². The molecule has 1 fully saturated rings. The highest BCUT2D eigenvalue weighted by Crippen LogP contribution is 2.32. The lowest BCUT2D eigenvalue weighted by Gasteiger charge is -2.20. The van der Waals surface area contributed by atoms with Crippen LogP contribution >= 0.6 is 11.6 Å². The molecule has 0 radical (unpaired) electrons. The Labute approximate surface area is 179 Å². The van der Waals surface area contributed by atoms with E-state index >= 15 is 0 Å². The maximum absolute atomic E-state index is 13.6. The van der Waals surface area contributed by atoms with Gasteiger partial charge in [-0.15, -0.1) is 0 Å². The van der Waals surface area contributed by atoms with Crippen LogP contribution in [0, 0.1) is 11.6 Å². The van der Waals surface area contributed by atoms with Gasteiger partial charge in [-0.25, -0.2) is 13.7 Å².